The molecule has 0 saturated carbocycles. The van der Waals surface area contributed by atoms with E-state index in [2.05, 4.69) is 5.32 Å². The summed E-state index contributed by atoms with van der Waals surface area (Å²) in [6.45, 7) is 0.419. The first kappa shape index (κ1) is 37.7. The molecule has 290 valence electrons. The van der Waals surface area contributed by atoms with E-state index in [1.807, 2.05) is 0 Å². The van der Waals surface area contributed by atoms with E-state index in [0.717, 1.165) is 12.1 Å². The lowest BCUT2D eigenvalue weighted by atomic mass is 9.95. The van der Waals surface area contributed by atoms with Crippen LogP contribution in [0.5, 0.6) is 34.5 Å². The fourth-order valence-electron chi connectivity index (χ4n) is 6.66. The van der Waals surface area contributed by atoms with E-state index in [-0.39, 0.29) is 78.9 Å². The molecule has 1 aliphatic rings. The van der Waals surface area contributed by atoms with Gasteiger partial charge in [-0.1, -0.05) is 0 Å². The first-order chi connectivity index (χ1) is 26.8. The Balaban J connectivity index is 1.51. The molecule has 0 radical (unpaired) electrons. The molecular formula is C40H35NO15. The summed E-state index contributed by atoms with van der Waals surface area (Å²) in [5.41, 5.74) is -0.667. The number of benzene rings is 4. The zero-order valence-electron chi connectivity index (χ0n) is 29.9. The van der Waals surface area contributed by atoms with E-state index >= 15 is 0 Å². The zero-order chi connectivity index (χ0) is 40.0. The molecule has 0 aliphatic carbocycles. The molecule has 5 atom stereocenters. The molecule has 16 nitrogen and oxygen atoms in total. The Morgan fingerprint density at radius 3 is 2.09 bits per heavy atom. The number of phenols is 3. The molecule has 0 spiro atoms. The van der Waals surface area contributed by atoms with Crippen molar-refractivity contribution >= 4 is 27.8 Å². The summed E-state index contributed by atoms with van der Waals surface area (Å²) in [6.07, 6.45) is -6.32. The molecule has 3 heterocycles. The SMILES string of the molecule is COc1cc(O)c2c(=O)cc(-c3ccc(OC)c(-c4c(O[C@@H]5O[C@H](CO)[C@@H](O)[C@H](O)[C@H]5NC(C)=O)cc(O)c5c(=O)cc(-c6ccc(O)cc6)oc45)c3)oc2c1. The summed E-state index contributed by atoms with van der Waals surface area (Å²) >= 11 is 0. The van der Waals surface area contributed by atoms with Crippen LogP contribution in [0.1, 0.15) is 6.92 Å². The van der Waals surface area contributed by atoms with Crippen LogP contribution in [0.25, 0.3) is 55.7 Å². The van der Waals surface area contributed by atoms with E-state index in [9.17, 15) is 45.0 Å². The van der Waals surface area contributed by atoms with E-state index in [1.54, 1.807) is 6.07 Å². The van der Waals surface area contributed by atoms with Gasteiger partial charge in [-0.05, 0) is 42.5 Å². The van der Waals surface area contributed by atoms with Gasteiger partial charge in [0.2, 0.25) is 12.2 Å². The van der Waals surface area contributed by atoms with Gasteiger partial charge in [-0.3, -0.25) is 14.4 Å². The predicted molar refractivity (Wildman–Crippen MR) is 199 cm³/mol. The molecule has 1 aliphatic heterocycles. The molecule has 6 aromatic rings. The molecule has 0 unspecified atom stereocenters. The highest BCUT2D eigenvalue weighted by Crippen LogP contribution is 2.47. The van der Waals surface area contributed by atoms with Crippen molar-refractivity contribution in [1.82, 2.24) is 5.32 Å². The van der Waals surface area contributed by atoms with Crippen molar-refractivity contribution < 1.29 is 63.2 Å². The normalized spacial score (nSPS) is 19.5. The molecular weight excluding hydrogens is 734 g/mol. The van der Waals surface area contributed by atoms with Gasteiger partial charge in [-0.15, -0.1) is 0 Å². The van der Waals surface area contributed by atoms with Gasteiger partial charge in [-0.2, -0.15) is 0 Å². The van der Waals surface area contributed by atoms with E-state index in [4.69, 9.17) is 27.8 Å². The zero-order valence-corrected chi connectivity index (χ0v) is 29.9. The van der Waals surface area contributed by atoms with Crippen LogP contribution in [0.15, 0.2) is 91.2 Å². The fraction of sp³-hybridized carbons (Fsp3) is 0.225. The van der Waals surface area contributed by atoms with Gasteiger partial charge in [-0.25, -0.2) is 0 Å². The highest BCUT2D eigenvalue weighted by Gasteiger charge is 2.46. The highest BCUT2D eigenvalue weighted by molar-refractivity contribution is 6.01. The van der Waals surface area contributed by atoms with Crippen molar-refractivity contribution in [3.63, 3.8) is 0 Å². The van der Waals surface area contributed by atoms with E-state index in [1.165, 1.54) is 75.7 Å². The predicted octanol–water partition coefficient (Wildman–Crippen LogP) is 3.36. The van der Waals surface area contributed by atoms with E-state index < -0.39 is 59.8 Å². The number of carbonyl (C=O) groups is 1. The van der Waals surface area contributed by atoms with Gasteiger partial charge in [0.05, 0.1) is 26.4 Å². The molecule has 7 rings (SSSR count). The lowest BCUT2D eigenvalue weighted by Gasteiger charge is -2.42. The van der Waals surface area contributed by atoms with Crippen LogP contribution in [-0.4, -0.2) is 88.0 Å². The van der Waals surface area contributed by atoms with Gasteiger partial charge in [0.25, 0.3) is 0 Å². The molecule has 2 aromatic heterocycles. The summed E-state index contributed by atoms with van der Waals surface area (Å²) < 4.78 is 35.6. The number of methoxy groups -OCH3 is 2. The number of carbonyl (C=O) groups excluding carboxylic acids is 1. The van der Waals surface area contributed by atoms with Gasteiger partial charge in [0.1, 0.15) is 86.7 Å². The quantitative estimate of drug-likeness (QED) is 0.111. The van der Waals surface area contributed by atoms with Crippen molar-refractivity contribution in [3.05, 3.63) is 93.2 Å². The second kappa shape index (κ2) is 14.9. The largest absolute Gasteiger partial charge is 0.508 e. The maximum atomic E-state index is 13.8. The van der Waals surface area contributed by atoms with Crippen LogP contribution in [-0.2, 0) is 9.53 Å². The Morgan fingerprint density at radius 2 is 1.43 bits per heavy atom. The first-order valence-electron chi connectivity index (χ1n) is 17.0. The number of hydrogen-bond acceptors (Lipinski definition) is 15. The number of nitrogens with one attached hydrogen (secondary N) is 1. The maximum absolute atomic E-state index is 13.8. The number of phenolic OH excluding ortho intramolecular Hbond substituents is 3. The second-order valence-electron chi connectivity index (χ2n) is 13.0. The van der Waals surface area contributed by atoms with Gasteiger partial charge in [0, 0.05) is 53.9 Å². The molecule has 4 aromatic carbocycles. The van der Waals surface area contributed by atoms with Crippen LogP contribution in [0.3, 0.4) is 0 Å². The smallest absolute Gasteiger partial charge is 0.223 e. The van der Waals surface area contributed by atoms with Gasteiger partial charge < -0.3 is 63.7 Å². The number of fused-ring (bicyclic) bond motifs is 2. The molecule has 16 heteroatoms. The topological polar surface area (TPSA) is 248 Å². The number of amides is 1. The number of hydrogen-bond donors (Lipinski definition) is 7. The Labute approximate surface area is 315 Å². The molecule has 1 amide bonds. The van der Waals surface area contributed by atoms with Crippen LogP contribution in [0.2, 0.25) is 0 Å². The second-order valence-corrected chi connectivity index (χ2v) is 13.0. The third-order valence-electron chi connectivity index (χ3n) is 9.36. The molecule has 7 N–H and O–H groups in total. The Kier molecular flexibility index (Phi) is 10.0. The van der Waals surface area contributed by atoms with Crippen molar-refractivity contribution in [2.24, 2.45) is 0 Å². The summed E-state index contributed by atoms with van der Waals surface area (Å²) in [5.74, 6) is -1.40. The average Bonchev–Trinajstić information content (AvgIpc) is 3.17. The van der Waals surface area contributed by atoms with Crippen LogP contribution in [0.4, 0.5) is 0 Å². The minimum atomic E-state index is -1.70. The Hall–Kier alpha value is -6.59. The van der Waals surface area contributed by atoms with E-state index in [0.29, 0.717) is 5.56 Å². The first-order valence-corrected chi connectivity index (χ1v) is 17.0. The summed E-state index contributed by atoms with van der Waals surface area (Å²) in [6, 6.07) is 15.1. The number of aliphatic hydroxyl groups is 3. The number of rotatable bonds is 9. The fourth-order valence-corrected chi connectivity index (χ4v) is 6.66. The molecule has 1 fully saturated rings. The van der Waals surface area contributed by atoms with Crippen molar-refractivity contribution in [2.45, 2.75) is 37.6 Å². The number of aromatic hydroxyl groups is 3. The monoisotopic (exact) mass is 769 g/mol. The summed E-state index contributed by atoms with van der Waals surface area (Å²) in [4.78, 5) is 39.3. The lowest BCUT2D eigenvalue weighted by molar-refractivity contribution is -0.244. The standard InChI is InChI=1S/C40H35NO15/c1-17(43)41-36-38(50)37(49)32(16-42)56-40(36)55-31-15-26(48)35-25(47)14-28(18-4-7-20(44)8-5-18)54-39(35)33(31)22-10-19(6-9-27(22)52-3)29-13-24(46)34-23(45)11-21(51-2)12-30(34)53-29/h4-15,32,36-38,40,42,44-45,48-50H,16H2,1-3H3,(H,41,43)/t32-,36-,37-,38-,40-/m1/s1. The Bertz CT molecular complexity index is 2600. The highest BCUT2D eigenvalue weighted by atomic mass is 16.7. The third-order valence-corrected chi connectivity index (χ3v) is 9.36. The van der Waals surface area contributed by atoms with Crippen molar-refractivity contribution in [1.29, 1.82) is 0 Å². The van der Waals surface area contributed by atoms with Crippen LogP contribution < -0.4 is 30.4 Å². The lowest BCUT2D eigenvalue weighted by Crippen LogP contribution is -2.65. The Morgan fingerprint density at radius 1 is 0.768 bits per heavy atom. The summed E-state index contributed by atoms with van der Waals surface area (Å²) in [7, 11) is 2.75. The van der Waals surface area contributed by atoms with Crippen molar-refractivity contribution in [2.75, 3.05) is 20.8 Å². The molecule has 56 heavy (non-hydrogen) atoms. The molecule has 0 bridgehead atoms. The minimum absolute atomic E-state index is 0.0167. The minimum Gasteiger partial charge on any atom is -0.508 e. The van der Waals surface area contributed by atoms with Crippen LogP contribution in [0, 0.1) is 0 Å². The maximum Gasteiger partial charge on any atom is 0.223 e. The molecule has 1 saturated heterocycles. The van der Waals surface area contributed by atoms with Crippen molar-refractivity contribution in [3.8, 4) is 68.3 Å². The van der Waals surface area contributed by atoms with Gasteiger partial charge >= 0.3 is 0 Å². The average molecular weight is 770 g/mol. The van der Waals surface area contributed by atoms with Crippen LogP contribution >= 0.6 is 0 Å². The van der Waals surface area contributed by atoms with Gasteiger partial charge in [0.15, 0.2) is 16.4 Å². The number of ether oxygens (including phenoxy) is 4. The summed E-state index contributed by atoms with van der Waals surface area (Å²) in [5, 5.41) is 65.5. The third kappa shape index (κ3) is 6.81. The number of aliphatic hydroxyl groups excluding tert-OH is 3.